The summed E-state index contributed by atoms with van der Waals surface area (Å²) in [5.41, 5.74) is 5.45. The van der Waals surface area contributed by atoms with Gasteiger partial charge in [-0.05, 0) is 69.9 Å². The molecule has 1 N–H and O–H groups in total. The van der Waals surface area contributed by atoms with Crippen molar-refractivity contribution in [2.75, 3.05) is 19.9 Å². The normalized spacial score (nSPS) is 15.4. The van der Waals surface area contributed by atoms with Gasteiger partial charge >= 0.3 is 0 Å². The average Bonchev–Trinajstić information content (AvgIpc) is 2.59. The molecule has 0 aliphatic carbocycles. The first kappa shape index (κ1) is 20.0. The summed E-state index contributed by atoms with van der Waals surface area (Å²) in [6.45, 7) is 11.8. The number of hydrogen-bond donors (Lipinski definition) is 1. The van der Waals surface area contributed by atoms with Crippen molar-refractivity contribution in [1.82, 2.24) is 4.90 Å². The summed E-state index contributed by atoms with van der Waals surface area (Å²) in [5, 5.41) is 8.90. The first-order valence-electron chi connectivity index (χ1n) is 9.74. The van der Waals surface area contributed by atoms with E-state index in [1.165, 1.54) is 22.3 Å². The molecule has 3 heteroatoms. The third kappa shape index (κ3) is 5.86. The lowest BCUT2D eigenvalue weighted by atomic mass is 9.91. The summed E-state index contributed by atoms with van der Waals surface area (Å²) < 4.78 is 6.21. The molecule has 0 amide bonds. The molecule has 0 fully saturated rings. The van der Waals surface area contributed by atoms with Crippen LogP contribution in [0, 0.1) is 6.92 Å². The van der Waals surface area contributed by atoms with Gasteiger partial charge in [0.1, 0.15) is 12.5 Å². The fraction of sp³-hybridized carbons (Fsp3) is 0.636. The van der Waals surface area contributed by atoms with Crippen molar-refractivity contribution in [1.29, 1.82) is 0 Å². The zero-order chi connectivity index (χ0) is 18.2. The second kappa shape index (κ2) is 9.98. The van der Waals surface area contributed by atoms with Crippen molar-refractivity contribution < 1.29 is 9.84 Å². The Morgan fingerprint density at radius 3 is 2.80 bits per heavy atom. The number of aliphatic hydroxyl groups excluding tert-OH is 1. The Labute approximate surface area is 153 Å². The van der Waals surface area contributed by atoms with Crippen LogP contribution < -0.4 is 4.74 Å². The van der Waals surface area contributed by atoms with Gasteiger partial charge in [0, 0.05) is 25.3 Å². The van der Waals surface area contributed by atoms with Crippen molar-refractivity contribution >= 4 is 0 Å². The third-order valence-corrected chi connectivity index (χ3v) is 5.11. The molecular weight excluding hydrogens is 310 g/mol. The molecule has 2 rings (SSSR count). The predicted octanol–water partition coefficient (Wildman–Crippen LogP) is 5.16. The monoisotopic (exact) mass is 345 g/mol. The number of unbranched alkanes of at least 4 members (excludes halogenated alkanes) is 2. The largest absolute Gasteiger partial charge is 0.477 e. The van der Waals surface area contributed by atoms with E-state index < -0.39 is 0 Å². The van der Waals surface area contributed by atoms with Gasteiger partial charge in [-0.2, -0.15) is 0 Å². The highest BCUT2D eigenvalue weighted by molar-refractivity contribution is 5.48. The molecule has 140 valence electrons. The van der Waals surface area contributed by atoms with Crippen molar-refractivity contribution in [3.63, 3.8) is 0 Å². The Morgan fingerprint density at radius 2 is 2.08 bits per heavy atom. The number of aryl methyl sites for hydroxylation is 1. The summed E-state index contributed by atoms with van der Waals surface area (Å²) in [5.74, 6) is 1.65. The van der Waals surface area contributed by atoms with E-state index in [1.807, 2.05) is 0 Å². The number of nitrogens with zero attached hydrogens (tertiary/aromatic N) is 1. The molecule has 1 aliphatic heterocycles. The van der Waals surface area contributed by atoms with Crippen molar-refractivity contribution in [2.45, 2.75) is 72.3 Å². The van der Waals surface area contributed by atoms with Gasteiger partial charge in [-0.25, -0.2) is 0 Å². The van der Waals surface area contributed by atoms with Crippen LogP contribution in [-0.4, -0.2) is 29.9 Å². The van der Waals surface area contributed by atoms with Gasteiger partial charge in [-0.3, -0.25) is 4.90 Å². The number of fused-ring (bicyclic) bond motifs is 1. The molecule has 1 unspecified atom stereocenters. The van der Waals surface area contributed by atoms with Crippen molar-refractivity contribution in [3.8, 4) is 5.75 Å². The molecule has 0 bridgehead atoms. The SMILES string of the molecule is CC(C)=CCCC(C)c1ccc(C)c2c1OCN(CCCCCO)C2. The third-order valence-electron chi connectivity index (χ3n) is 5.11. The molecule has 0 radical (unpaired) electrons. The van der Waals surface area contributed by atoms with E-state index in [9.17, 15) is 0 Å². The van der Waals surface area contributed by atoms with Crippen LogP contribution in [0.1, 0.15) is 75.5 Å². The maximum Gasteiger partial charge on any atom is 0.142 e. The molecule has 0 saturated heterocycles. The van der Waals surface area contributed by atoms with Gasteiger partial charge in [-0.15, -0.1) is 0 Å². The smallest absolute Gasteiger partial charge is 0.142 e. The van der Waals surface area contributed by atoms with E-state index in [-0.39, 0.29) is 0 Å². The summed E-state index contributed by atoms with van der Waals surface area (Å²) in [6, 6.07) is 4.52. The van der Waals surface area contributed by atoms with Crippen LogP contribution >= 0.6 is 0 Å². The lowest BCUT2D eigenvalue weighted by Crippen LogP contribution is -2.33. The minimum atomic E-state index is 0.298. The Kier molecular flexibility index (Phi) is 7.98. The quantitative estimate of drug-likeness (QED) is 0.496. The molecular formula is C22H35NO2. The molecule has 1 aromatic rings. The van der Waals surface area contributed by atoms with E-state index in [0.717, 1.165) is 50.9 Å². The molecule has 0 spiro atoms. The highest BCUT2D eigenvalue weighted by atomic mass is 16.5. The van der Waals surface area contributed by atoms with Crippen molar-refractivity contribution in [2.24, 2.45) is 0 Å². The number of ether oxygens (including phenoxy) is 1. The number of rotatable bonds is 9. The first-order valence-corrected chi connectivity index (χ1v) is 9.74. The van der Waals surface area contributed by atoms with Crippen LogP contribution in [0.25, 0.3) is 0 Å². The fourth-order valence-corrected chi connectivity index (χ4v) is 3.47. The van der Waals surface area contributed by atoms with E-state index in [1.54, 1.807) is 0 Å². The molecule has 0 aromatic heterocycles. The fourth-order valence-electron chi connectivity index (χ4n) is 3.47. The van der Waals surface area contributed by atoms with Gasteiger partial charge in [0.2, 0.25) is 0 Å². The van der Waals surface area contributed by atoms with E-state index in [2.05, 4.69) is 50.8 Å². The second-order valence-electron chi connectivity index (χ2n) is 7.65. The number of benzene rings is 1. The van der Waals surface area contributed by atoms with Crippen molar-refractivity contribution in [3.05, 3.63) is 40.5 Å². The van der Waals surface area contributed by atoms with Crippen LogP contribution in [-0.2, 0) is 6.54 Å². The van der Waals surface area contributed by atoms with Gasteiger partial charge in [-0.1, -0.05) is 30.7 Å². The summed E-state index contributed by atoms with van der Waals surface area (Å²) >= 11 is 0. The summed E-state index contributed by atoms with van der Waals surface area (Å²) in [6.07, 6.45) is 7.72. The maximum atomic E-state index is 8.90. The lowest BCUT2D eigenvalue weighted by molar-refractivity contribution is 0.0912. The van der Waals surface area contributed by atoms with Crippen LogP contribution in [0.4, 0.5) is 0 Å². The molecule has 1 aliphatic rings. The number of aliphatic hydroxyl groups is 1. The highest BCUT2D eigenvalue weighted by Crippen LogP contribution is 2.37. The summed E-state index contributed by atoms with van der Waals surface area (Å²) in [7, 11) is 0. The summed E-state index contributed by atoms with van der Waals surface area (Å²) in [4.78, 5) is 2.38. The van der Waals surface area contributed by atoms with Gasteiger partial charge in [0.15, 0.2) is 0 Å². The van der Waals surface area contributed by atoms with Crippen LogP contribution in [0.5, 0.6) is 5.75 Å². The highest BCUT2D eigenvalue weighted by Gasteiger charge is 2.23. The van der Waals surface area contributed by atoms with E-state index in [4.69, 9.17) is 9.84 Å². The molecule has 1 aromatic carbocycles. The average molecular weight is 346 g/mol. The van der Waals surface area contributed by atoms with Crippen LogP contribution in [0.3, 0.4) is 0 Å². The number of allylic oxidation sites excluding steroid dienone is 2. The maximum absolute atomic E-state index is 8.90. The topological polar surface area (TPSA) is 32.7 Å². The molecule has 3 nitrogen and oxygen atoms in total. The molecule has 1 heterocycles. The van der Waals surface area contributed by atoms with Crippen LogP contribution in [0.15, 0.2) is 23.8 Å². The second-order valence-corrected chi connectivity index (χ2v) is 7.65. The van der Waals surface area contributed by atoms with Crippen LogP contribution in [0.2, 0.25) is 0 Å². The number of hydrogen-bond acceptors (Lipinski definition) is 3. The molecule has 25 heavy (non-hydrogen) atoms. The Hall–Kier alpha value is -1.32. The van der Waals surface area contributed by atoms with E-state index >= 15 is 0 Å². The zero-order valence-corrected chi connectivity index (χ0v) is 16.5. The predicted molar refractivity (Wildman–Crippen MR) is 105 cm³/mol. The minimum Gasteiger partial charge on any atom is -0.477 e. The molecule has 0 saturated carbocycles. The first-order chi connectivity index (χ1) is 12.0. The molecule has 1 atom stereocenters. The van der Waals surface area contributed by atoms with Gasteiger partial charge < -0.3 is 9.84 Å². The Morgan fingerprint density at radius 1 is 1.28 bits per heavy atom. The Balaban J connectivity index is 2.03. The van der Waals surface area contributed by atoms with Gasteiger partial charge in [0.25, 0.3) is 0 Å². The van der Waals surface area contributed by atoms with E-state index in [0.29, 0.717) is 19.3 Å². The standard InChI is InChI=1S/C22H35NO2/c1-17(2)9-8-10-18(3)20-12-11-19(4)21-15-23(16-25-22(20)21)13-6-5-7-14-24/h9,11-12,18,24H,5-8,10,13-16H2,1-4H3. The van der Waals surface area contributed by atoms with Gasteiger partial charge in [0.05, 0.1) is 0 Å². The Bertz CT molecular complexity index is 576. The zero-order valence-electron chi connectivity index (χ0n) is 16.5. The lowest BCUT2D eigenvalue weighted by Gasteiger charge is -2.32. The minimum absolute atomic E-state index is 0.298.